The third-order valence-electron chi connectivity index (χ3n) is 1.57. The van der Waals surface area contributed by atoms with Gasteiger partial charge in [0.1, 0.15) is 4.91 Å². The average molecular weight is 263 g/mol. The summed E-state index contributed by atoms with van der Waals surface area (Å²) in [5.74, 6) is -1.06. The van der Waals surface area contributed by atoms with Crippen molar-refractivity contribution < 1.29 is 19.1 Å². The molecule has 7 heteroatoms. The lowest BCUT2D eigenvalue weighted by Gasteiger charge is -2.03. The lowest BCUT2D eigenvalue weighted by molar-refractivity contribution is -0.141. The minimum absolute atomic E-state index is 0.0936. The van der Waals surface area contributed by atoms with Crippen LogP contribution in [0.4, 0.5) is 0 Å². The molecule has 0 fully saturated rings. The van der Waals surface area contributed by atoms with Gasteiger partial charge < -0.3 is 9.47 Å². The van der Waals surface area contributed by atoms with Crippen LogP contribution in [0.15, 0.2) is 15.0 Å². The third kappa shape index (κ3) is 3.08. The lowest BCUT2D eigenvalue weighted by Crippen LogP contribution is -2.12. The second-order valence-electron chi connectivity index (χ2n) is 2.72. The molecule has 0 aromatic carbocycles. The van der Waals surface area contributed by atoms with E-state index in [4.69, 9.17) is 9.47 Å². The molecule has 0 saturated heterocycles. The van der Waals surface area contributed by atoms with Crippen molar-refractivity contribution in [2.45, 2.75) is 13.8 Å². The van der Waals surface area contributed by atoms with E-state index in [1.807, 2.05) is 6.26 Å². The van der Waals surface area contributed by atoms with Gasteiger partial charge in [-0.1, -0.05) is 0 Å². The molecule has 0 amide bonds. The van der Waals surface area contributed by atoms with E-state index in [-0.39, 0.29) is 23.8 Å². The van der Waals surface area contributed by atoms with E-state index in [1.54, 1.807) is 13.8 Å². The van der Waals surface area contributed by atoms with Crippen molar-refractivity contribution in [2.75, 3.05) is 19.5 Å². The summed E-state index contributed by atoms with van der Waals surface area (Å²) in [6.07, 6.45) is 1.83. The van der Waals surface area contributed by atoms with Crippen LogP contribution < -0.4 is 0 Å². The van der Waals surface area contributed by atoms with Crippen LogP contribution in [0, 0.1) is 0 Å². The Kier molecular flexibility index (Phi) is 5.01. The third-order valence-corrected chi connectivity index (χ3v) is 4.22. The van der Waals surface area contributed by atoms with Crippen LogP contribution in [0.25, 0.3) is 0 Å². The summed E-state index contributed by atoms with van der Waals surface area (Å²) in [5.41, 5.74) is 0.0936. The zero-order valence-corrected chi connectivity index (χ0v) is 10.9. The van der Waals surface area contributed by atoms with Gasteiger partial charge in [-0.25, -0.2) is 14.0 Å². The minimum atomic E-state index is -0.560. The molecule has 0 aliphatic carbocycles. The van der Waals surface area contributed by atoms with Crippen LogP contribution in [-0.4, -0.2) is 31.4 Å². The standard InChI is InChI=1S/C9H13NO4S2/c1-4-13-8(11)6-7(9(12)14-5-2)15-16(3)10-6/h4-5H2,1-3H3. The Labute approximate surface area is 100 Å². The number of nitrogens with zero attached hydrogens (tertiary/aromatic N) is 1. The van der Waals surface area contributed by atoms with Crippen molar-refractivity contribution in [3.05, 3.63) is 10.6 Å². The quantitative estimate of drug-likeness (QED) is 0.567. The van der Waals surface area contributed by atoms with Crippen LogP contribution in [0.1, 0.15) is 13.8 Å². The zero-order valence-electron chi connectivity index (χ0n) is 9.31. The lowest BCUT2D eigenvalue weighted by atomic mass is 10.4. The monoisotopic (exact) mass is 263 g/mol. The summed E-state index contributed by atoms with van der Waals surface area (Å²) in [7, 11) is 0.826. The summed E-state index contributed by atoms with van der Waals surface area (Å²) in [5, 5.41) is 0. The average Bonchev–Trinajstić information content (AvgIpc) is 2.61. The van der Waals surface area contributed by atoms with Gasteiger partial charge in [0.15, 0.2) is 5.70 Å². The number of hydrogen-bond acceptors (Lipinski definition) is 6. The molecule has 90 valence electrons. The van der Waals surface area contributed by atoms with Crippen LogP contribution in [0.3, 0.4) is 0 Å². The van der Waals surface area contributed by atoms with Crippen LogP contribution in [0.5, 0.6) is 0 Å². The van der Waals surface area contributed by atoms with Gasteiger partial charge in [-0.3, -0.25) is 0 Å². The molecule has 0 radical (unpaired) electrons. The maximum absolute atomic E-state index is 11.5. The molecule has 1 aliphatic rings. The first-order valence-electron chi connectivity index (χ1n) is 4.74. The minimum Gasteiger partial charge on any atom is -0.462 e. The van der Waals surface area contributed by atoms with Crippen molar-refractivity contribution in [2.24, 2.45) is 4.36 Å². The Balaban J connectivity index is 2.90. The topological polar surface area (TPSA) is 65.0 Å². The second-order valence-corrected chi connectivity index (χ2v) is 6.27. The van der Waals surface area contributed by atoms with E-state index >= 15 is 0 Å². The predicted molar refractivity (Wildman–Crippen MR) is 63.6 cm³/mol. The Morgan fingerprint density at radius 2 is 1.81 bits per heavy atom. The highest BCUT2D eigenvalue weighted by Gasteiger charge is 2.29. The van der Waals surface area contributed by atoms with Crippen molar-refractivity contribution in [3.8, 4) is 0 Å². The summed E-state index contributed by atoms with van der Waals surface area (Å²) >= 11 is 0. The highest BCUT2D eigenvalue weighted by Crippen LogP contribution is 2.33. The normalized spacial score (nSPS) is 19.3. The number of hydrogen-bond donors (Lipinski definition) is 0. The summed E-state index contributed by atoms with van der Waals surface area (Å²) in [6.45, 7) is 3.95. The Morgan fingerprint density at radius 1 is 1.25 bits per heavy atom. The molecule has 16 heavy (non-hydrogen) atoms. The summed E-state index contributed by atoms with van der Waals surface area (Å²) in [4.78, 5) is 23.3. The van der Waals surface area contributed by atoms with Gasteiger partial charge in [-0.05, 0) is 34.4 Å². The number of esters is 2. The second kappa shape index (κ2) is 6.05. The highest BCUT2D eigenvalue weighted by molar-refractivity contribution is 8.72. The first-order chi connectivity index (χ1) is 7.60. The molecule has 1 atom stereocenters. The van der Waals surface area contributed by atoms with Gasteiger partial charge in [0.25, 0.3) is 0 Å². The van der Waals surface area contributed by atoms with E-state index in [1.165, 1.54) is 10.8 Å². The molecule has 0 aromatic heterocycles. The zero-order chi connectivity index (χ0) is 12.1. The maximum Gasteiger partial charge on any atom is 0.359 e. The summed E-state index contributed by atoms with van der Waals surface area (Å²) in [6, 6.07) is 0. The first kappa shape index (κ1) is 13.2. The van der Waals surface area contributed by atoms with E-state index in [0.717, 1.165) is 0 Å². The van der Waals surface area contributed by atoms with Gasteiger partial charge >= 0.3 is 11.9 Å². The molecule has 0 aromatic rings. The number of ether oxygens (including phenoxy) is 2. The molecule has 0 bridgehead atoms. The van der Waals surface area contributed by atoms with Crippen LogP contribution in [0.2, 0.25) is 0 Å². The highest BCUT2D eigenvalue weighted by atomic mass is 33.1. The van der Waals surface area contributed by atoms with Crippen molar-refractivity contribution >= 4 is 32.5 Å². The fraction of sp³-hybridized carbons (Fsp3) is 0.556. The molecular formula is C9H13NO4S2. The maximum atomic E-state index is 11.5. The predicted octanol–water partition coefficient (Wildman–Crippen LogP) is 1.42. The van der Waals surface area contributed by atoms with Crippen molar-refractivity contribution in [3.63, 3.8) is 0 Å². The van der Waals surface area contributed by atoms with E-state index in [2.05, 4.69) is 4.36 Å². The van der Waals surface area contributed by atoms with Crippen LogP contribution >= 0.6 is 10.8 Å². The van der Waals surface area contributed by atoms with E-state index in [0.29, 0.717) is 0 Å². The fourth-order valence-corrected chi connectivity index (χ4v) is 3.60. The molecule has 1 unspecified atom stereocenters. The molecule has 0 saturated carbocycles. The molecule has 0 spiro atoms. The molecule has 1 rings (SSSR count). The van der Waals surface area contributed by atoms with E-state index < -0.39 is 21.7 Å². The van der Waals surface area contributed by atoms with Gasteiger partial charge in [0.05, 0.1) is 13.2 Å². The number of rotatable bonds is 4. The number of carbonyl (C=O) groups excluding carboxylic acids is 2. The largest absolute Gasteiger partial charge is 0.462 e. The molecule has 5 nitrogen and oxygen atoms in total. The molecular weight excluding hydrogens is 250 g/mol. The Morgan fingerprint density at radius 3 is 2.38 bits per heavy atom. The Hall–Kier alpha value is -0.820. The van der Waals surface area contributed by atoms with E-state index in [9.17, 15) is 9.59 Å². The van der Waals surface area contributed by atoms with Crippen LogP contribution in [-0.2, 0) is 28.8 Å². The van der Waals surface area contributed by atoms with Gasteiger partial charge in [0.2, 0.25) is 0 Å². The smallest absolute Gasteiger partial charge is 0.359 e. The molecule has 1 aliphatic heterocycles. The Bertz CT molecular complexity index is 376. The van der Waals surface area contributed by atoms with Crippen molar-refractivity contribution in [1.82, 2.24) is 0 Å². The molecule has 0 N–H and O–H groups in total. The van der Waals surface area contributed by atoms with Gasteiger partial charge in [-0.2, -0.15) is 0 Å². The van der Waals surface area contributed by atoms with Gasteiger partial charge in [-0.15, -0.1) is 0 Å². The molecule has 1 heterocycles. The van der Waals surface area contributed by atoms with Gasteiger partial charge in [0, 0.05) is 6.26 Å². The summed E-state index contributed by atoms with van der Waals surface area (Å²) < 4.78 is 13.8. The first-order valence-corrected chi connectivity index (χ1v) is 7.67. The fourth-order valence-electron chi connectivity index (χ4n) is 1.01. The van der Waals surface area contributed by atoms with Crippen molar-refractivity contribution in [1.29, 1.82) is 0 Å². The SMILES string of the molecule is CCOC(=O)C1=C(C(=O)OCC)SS(C)=N1. The number of carbonyl (C=O) groups is 2.